The molecule has 0 aromatic heterocycles. The van der Waals surface area contributed by atoms with Crippen LogP contribution in [0.1, 0.15) is 26.2 Å². The lowest BCUT2D eigenvalue weighted by molar-refractivity contribution is -0.121. The minimum absolute atomic E-state index is 0.0323. The molecule has 0 saturated carbocycles. The number of hydrogen-bond donors (Lipinski definition) is 2. The Bertz CT molecular complexity index is 198. The molecule has 0 aromatic rings. The third kappa shape index (κ3) is 8.88. The lowest BCUT2D eigenvalue weighted by Crippen LogP contribution is -2.32. The standard InChI is InChI=1S/C11H25NO3Si/c1-4-15-16(2,3)10-6-8-12-11(14)7-5-9-13/h13H,4-10H2,1-3H3,(H,12,14). The second-order valence-electron chi connectivity index (χ2n) is 4.47. The van der Waals surface area contributed by atoms with E-state index in [-0.39, 0.29) is 12.5 Å². The summed E-state index contributed by atoms with van der Waals surface area (Å²) in [6.45, 7) is 7.99. The smallest absolute Gasteiger partial charge is 0.220 e. The van der Waals surface area contributed by atoms with Crippen molar-refractivity contribution in [3.63, 3.8) is 0 Å². The van der Waals surface area contributed by atoms with E-state index in [9.17, 15) is 4.79 Å². The lowest BCUT2D eigenvalue weighted by Gasteiger charge is -2.21. The van der Waals surface area contributed by atoms with E-state index in [0.29, 0.717) is 19.4 Å². The Hall–Kier alpha value is -0.393. The summed E-state index contributed by atoms with van der Waals surface area (Å²) < 4.78 is 5.69. The Morgan fingerprint density at radius 2 is 2.06 bits per heavy atom. The fourth-order valence-electron chi connectivity index (χ4n) is 1.53. The number of hydrogen-bond acceptors (Lipinski definition) is 3. The topological polar surface area (TPSA) is 58.6 Å². The lowest BCUT2D eigenvalue weighted by atomic mass is 10.3. The minimum atomic E-state index is -1.49. The second-order valence-corrected chi connectivity index (χ2v) is 8.78. The molecular weight excluding hydrogens is 222 g/mol. The van der Waals surface area contributed by atoms with Gasteiger partial charge in [-0.25, -0.2) is 0 Å². The number of carbonyl (C=O) groups is 1. The first-order valence-corrected chi connectivity index (χ1v) is 9.15. The molecule has 0 radical (unpaired) electrons. The molecule has 0 heterocycles. The molecule has 0 fully saturated rings. The summed E-state index contributed by atoms with van der Waals surface area (Å²) >= 11 is 0. The SMILES string of the molecule is CCO[Si](C)(C)CCCNC(=O)CCCO. The molecule has 0 rings (SSSR count). The Morgan fingerprint density at radius 1 is 1.38 bits per heavy atom. The normalized spacial score (nSPS) is 11.5. The summed E-state index contributed by atoms with van der Waals surface area (Å²) in [4.78, 5) is 11.2. The van der Waals surface area contributed by atoms with Gasteiger partial charge in [0.15, 0.2) is 8.32 Å². The van der Waals surface area contributed by atoms with Crippen molar-refractivity contribution in [3.05, 3.63) is 0 Å². The number of rotatable bonds is 9. The second kappa shape index (κ2) is 8.72. The number of aliphatic hydroxyl groups is 1. The largest absolute Gasteiger partial charge is 0.418 e. The van der Waals surface area contributed by atoms with Crippen LogP contribution in [0.3, 0.4) is 0 Å². The average Bonchev–Trinajstić information content (AvgIpc) is 2.21. The third-order valence-electron chi connectivity index (χ3n) is 2.37. The zero-order chi connectivity index (χ0) is 12.4. The van der Waals surface area contributed by atoms with Crippen LogP contribution in [0.2, 0.25) is 19.1 Å². The van der Waals surface area contributed by atoms with Gasteiger partial charge in [-0.05, 0) is 38.9 Å². The molecule has 0 saturated heterocycles. The van der Waals surface area contributed by atoms with Gasteiger partial charge in [0.05, 0.1) is 0 Å². The molecule has 96 valence electrons. The average molecular weight is 247 g/mol. The van der Waals surface area contributed by atoms with Crippen LogP contribution < -0.4 is 5.32 Å². The van der Waals surface area contributed by atoms with E-state index in [1.807, 2.05) is 6.92 Å². The summed E-state index contributed by atoms with van der Waals surface area (Å²) in [6.07, 6.45) is 1.94. The minimum Gasteiger partial charge on any atom is -0.418 e. The van der Waals surface area contributed by atoms with E-state index in [1.165, 1.54) is 0 Å². The van der Waals surface area contributed by atoms with Crippen LogP contribution in [0.5, 0.6) is 0 Å². The monoisotopic (exact) mass is 247 g/mol. The molecule has 16 heavy (non-hydrogen) atoms. The van der Waals surface area contributed by atoms with Crippen molar-refractivity contribution in [2.45, 2.75) is 45.3 Å². The van der Waals surface area contributed by atoms with E-state index in [4.69, 9.17) is 9.53 Å². The fraction of sp³-hybridized carbons (Fsp3) is 0.909. The maximum Gasteiger partial charge on any atom is 0.220 e. The van der Waals surface area contributed by atoms with Gasteiger partial charge in [-0.2, -0.15) is 0 Å². The summed E-state index contributed by atoms with van der Waals surface area (Å²) in [7, 11) is -1.49. The van der Waals surface area contributed by atoms with Crippen LogP contribution in [0.25, 0.3) is 0 Å². The third-order valence-corrected chi connectivity index (χ3v) is 5.00. The van der Waals surface area contributed by atoms with Gasteiger partial charge in [-0.15, -0.1) is 0 Å². The zero-order valence-corrected chi connectivity index (χ0v) is 11.7. The molecule has 0 aliphatic rings. The van der Waals surface area contributed by atoms with E-state index < -0.39 is 8.32 Å². The van der Waals surface area contributed by atoms with Crippen molar-refractivity contribution >= 4 is 14.2 Å². The molecule has 0 aromatic carbocycles. The van der Waals surface area contributed by atoms with Gasteiger partial charge in [0, 0.05) is 26.2 Å². The van der Waals surface area contributed by atoms with Gasteiger partial charge >= 0.3 is 0 Å². The van der Waals surface area contributed by atoms with Gasteiger partial charge < -0.3 is 14.8 Å². The number of amides is 1. The molecule has 0 bridgehead atoms. The molecule has 0 spiro atoms. The highest BCUT2D eigenvalue weighted by atomic mass is 28.4. The first kappa shape index (κ1) is 15.6. The van der Waals surface area contributed by atoms with Gasteiger partial charge in [0.1, 0.15) is 0 Å². The number of nitrogens with one attached hydrogen (secondary N) is 1. The van der Waals surface area contributed by atoms with Crippen molar-refractivity contribution in [2.75, 3.05) is 19.8 Å². The van der Waals surface area contributed by atoms with Crippen LogP contribution in [0, 0.1) is 0 Å². The summed E-state index contributed by atoms with van der Waals surface area (Å²) in [5.74, 6) is 0.0323. The fourth-order valence-corrected chi connectivity index (χ4v) is 3.49. The van der Waals surface area contributed by atoms with Crippen LogP contribution in [0.4, 0.5) is 0 Å². The Kier molecular flexibility index (Phi) is 8.51. The summed E-state index contributed by atoms with van der Waals surface area (Å²) in [5, 5.41) is 11.4. The van der Waals surface area contributed by atoms with Gasteiger partial charge in [0.25, 0.3) is 0 Å². The van der Waals surface area contributed by atoms with Crippen LogP contribution >= 0.6 is 0 Å². The van der Waals surface area contributed by atoms with Gasteiger partial charge in [0.2, 0.25) is 5.91 Å². The Balaban J connectivity index is 3.48. The Morgan fingerprint density at radius 3 is 2.62 bits per heavy atom. The molecule has 0 unspecified atom stereocenters. The summed E-state index contributed by atoms with van der Waals surface area (Å²) in [6, 6.07) is 1.07. The van der Waals surface area contributed by atoms with E-state index in [1.54, 1.807) is 0 Å². The molecule has 0 atom stereocenters. The first-order valence-electron chi connectivity index (χ1n) is 6.03. The predicted octanol–water partition coefficient (Wildman–Crippen LogP) is 1.51. The van der Waals surface area contributed by atoms with Gasteiger partial charge in [-0.3, -0.25) is 4.79 Å². The molecule has 0 aliphatic heterocycles. The maximum atomic E-state index is 11.2. The van der Waals surface area contributed by atoms with Crippen molar-refractivity contribution in [2.24, 2.45) is 0 Å². The molecular formula is C11H25NO3Si. The van der Waals surface area contributed by atoms with Gasteiger partial charge in [-0.1, -0.05) is 0 Å². The predicted molar refractivity (Wildman–Crippen MR) is 67.9 cm³/mol. The maximum absolute atomic E-state index is 11.2. The molecule has 5 heteroatoms. The highest BCUT2D eigenvalue weighted by Gasteiger charge is 2.20. The quantitative estimate of drug-likeness (QED) is 0.479. The van der Waals surface area contributed by atoms with E-state index in [0.717, 1.165) is 19.1 Å². The van der Waals surface area contributed by atoms with Crippen LogP contribution in [0.15, 0.2) is 0 Å². The highest BCUT2D eigenvalue weighted by Crippen LogP contribution is 2.12. The molecule has 4 nitrogen and oxygen atoms in total. The molecule has 1 amide bonds. The van der Waals surface area contributed by atoms with E-state index in [2.05, 4.69) is 18.4 Å². The summed E-state index contributed by atoms with van der Waals surface area (Å²) in [5.41, 5.74) is 0. The molecule has 0 aliphatic carbocycles. The molecule has 2 N–H and O–H groups in total. The van der Waals surface area contributed by atoms with E-state index >= 15 is 0 Å². The number of carbonyl (C=O) groups excluding carboxylic acids is 1. The van der Waals surface area contributed by atoms with Crippen molar-refractivity contribution in [1.82, 2.24) is 5.32 Å². The number of aliphatic hydroxyl groups excluding tert-OH is 1. The Labute approximate surface area is 99.5 Å². The van der Waals surface area contributed by atoms with Crippen molar-refractivity contribution < 1.29 is 14.3 Å². The van der Waals surface area contributed by atoms with Crippen molar-refractivity contribution in [3.8, 4) is 0 Å². The van der Waals surface area contributed by atoms with Crippen LogP contribution in [-0.4, -0.2) is 39.1 Å². The zero-order valence-electron chi connectivity index (χ0n) is 10.7. The van der Waals surface area contributed by atoms with Crippen molar-refractivity contribution in [1.29, 1.82) is 0 Å². The van der Waals surface area contributed by atoms with Crippen LogP contribution in [-0.2, 0) is 9.22 Å². The first-order chi connectivity index (χ1) is 7.52. The highest BCUT2D eigenvalue weighted by molar-refractivity contribution is 6.71.